The van der Waals surface area contributed by atoms with Crippen molar-refractivity contribution in [2.75, 3.05) is 13.2 Å². The third kappa shape index (κ3) is 2.08. The van der Waals surface area contributed by atoms with Crippen molar-refractivity contribution in [1.82, 2.24) is 0 Å². The van der Waals surface area contributed by atoms with Gasteiger partial charge in [0.05, 0.1) is 37.6 Å². The third-order valence-corrected chi connectivity index (χ3v) is 3.10. The number of hydrogen-bond acceptors (Lipinski definition) is 4. The van der Waals surface area contributed by atoms with E-state index in [0.717, 1.165) is 25.7 Å². The molecule has 0 aromatic rings. The second-order valence-electron chi connectivity index (χ2n) is 4.11. The van der Waals surface area contributed by atoms with E-state index in [1.54, 1.807) is 0 Å². The molecule has 0 aromatic carbocycles. The van der Waals surface area contributed by atoms with Gasteiger partial charge < -0.3 is 19.7 Å². The summed E-state index contributed by atoms with van der Waals surface area (Å²) in [5, 5.41) is 17.8. The van der Waals surface area contributed by atoms with Crippen LogP contribution in [0, 0.1) is 0 Å². The van der Waals surface area contributed by atoms with Crippen molar-refractivity contribution in [2.45, 2.75) is 50.1 Å². The minimum absolute atomic E-state index is 0.00298. The van der Waals surface area contributed by atoms with E-state index in [1.165, 1.54) is 0 Å². The lowest BCUT2D eigenvalue weighted by atomic mass is 10.1. The molecule has 2 aliphatic heterocycles. The summed E-state index contributed by atoms with van der Waals surface area (Å²) in [5.74, 6) is 0. The van der Waals surface area contributed by atoms with E-state index < -0.39 is 0 Å². The molecule has 4 heteroatoms. The molecule has 2 heterocycles. The first-order valence-electron chi connectivity index (χ1n) is 5.36. The molecule has 4 atom stereocenters. The topological polar surface area (TPSA) is 58.9 Å². The van der Waals surface area contributed by atoms with Crippen LogP contribution in [0.4, 0.5) is 0 Å². The zero-order chi connectivity index (χ0) is 9.97. The molecule has 2 fully saturated rings. The Bertz CT molecular complexity index is 165. The van der Waals surface area contributed by atoms with E-state index in [-0.39, 0.29) is 37.6 Å². The summed E-state index contributed by atoms with van der Waals surface area (Å²) in [4.78, 5) is 0. The van der Waals surface area contributed by atoms with Crippen LogP contribution in [0.1, 0.15) is 25.7 Å². The average Bonchev–Trinajstić information content (AvgIpc) is 2.86. The molecule has 82 valence electrons. The minimum Gasteiger partial charge on any atom is -0.394 e. The summed E-state index contributed by atoms with van der Waals surface area (Å²) in [6.07, 6.45) is 4.03. The monoisotopic (exact) mass is 202 g/mol. The van der Waals surface area contributed by atoms with Crippen molar-refractivity contribution in [3.05, 3.63) is 0 Å². The van der Waals surface area contributed by atoms with Gasteiger partial charge in [0.2, 0.25) is 0 Å². The van der Waals surface area contributed by atoms with Crippen LogP contribution in [-0.2, 0) is 9.47 Å². The molecule has 0 saturated carbocycles. The molecule has 14 heavy (non-hydrogen) atoms. The zero-order valence-electron chi connectivity index (χ0n) is 8.26. The summed E-state index contributed by atoms with van der Waals surface area (Å²) in [6, 6.07) is 0. The van der Waals surface area contributed by atoms with Gasteiger partial charge in [0.15, 0.2) is 0 Å². The van der Waals surface area contributed by atoms with Crippen LogP contribution in [0.2, 0.25) is 0 Å². The Hall–Kier alpha value is -0.160. The SMILES string of the molecule is OC[C@H]1CC[C@H]([C@H]2CC[C@H](CO)O2)O1. The van der Waals surface area contributed by atoms with Crippen molar-refractivity contribution in [3.63, 3.8) is 0 Å². The van der Waals surface area contributed by atoms with E-state index in [2.05, 4.69) is 0 Å². The predicted molar refractivity (Wildman–Crippen MR) is 50.0 cm³/mol. The normalized spacial score (nSPS) is 43.3. The van der Waals surface area contributed by atoms with E-state index in [9.17, 15) is 0 Å². The molecule has 0 unspecified atom stereocenters. The van der Waals surface area contributed by atoms with Crippen LogP contribution in [0.15, 0.2) is 0 Å². The molecule has 0 aromatic heterocycles. The molecule has 2 N–H and O–H groups in total. The Labute approximate surface area is 83.8 Å². The van der Waals surface area contributed by atoms with Crippen molar-refractivity contribution in [1.29, 1.82) is 0 Å². The number of hydrogen-bond donors (Lipinski definition) is 2. The lowest BCUT2D eigenvalue weighted by Gasteiger charge is -2.19. The van der Waals surface area contributed by atoms with Gasteiger partial charge in [-0.25, -0.2) is 0 Å². The summed E-state index contributed by atoms with van der Waals surface area (Å²) in [6.45, 7) is 0.208. The Morgan fingerprint density at radius 3 is 1.50 bits per heavy atom. The van der Waals surface area contributed by atoms with Gasteiger partial charge in [-0.1, -0.05) is 0 Å². The fourth-order valence-electron chi connectivity index (χ4n) is 2.28. The van der Waals surface area contributed by atoms with Gasteiger partial charge in [0, 0.05) is 0 Å². The molecule has 0 spiro atoms. The maximum absolute atomic E-state index is 8.92. The van der Waals surface area contributed by atoms with Gasteiger partial charge in [0.25, 0.3) is 0 Å². The summed E-state index contributed by atoms with van der Waals surface area (Å²) < 4.78 is 11.3. The van der Waals surface area contributed by atoms with Crippen molar-refractivity contribution < 1.29 is 19.7 Å². The largest absolute Gasteiger partial charge is 0.394 e. The van der Waals surface area contributed by atoms with Crippen LogP contribution >= 0.6 is 0 Å². The lowest BCUT2D eigenvalue weighted by molar-refractivity contribution is -0.0813. The first-order chi connectivity index (χ1) is 6.83. The standard InChI is InChI=1S/C10H18O4/c11-5-7-1-3-9(13-7)10-4-2-8(6-12)14-10/h7-12H,1-6H2/t7-,8-,9-,10-/m1/s1. The molecule has 0 radical (unpaired) electrons. The van der Waals surface area contributed by atoms with Crippen molar-refractivity contribution in [2.24, 2.45) is 0 Å². The van der Waals surface area contributed by atoms with Crippen molar-refractivity contribution >= 4 is 0 Å². The number of aliphatic hydroxyl groups is 2. The number of rotatable bonds is 3. The Balaban J connectivity index is 1.80. The number of ether oxygens (including phenoxy) is 2. The van der Waals surface area contributed by atoms with Crippen LogP contribution in [0.5, 0.6) is 0 Å². The Kier molecular flexibility index (Phi) is 3.38. The van der Waals surface area contributed by atoms with Gasteiger partial charge in [0.1, 0.15) is 0 Å². The second kappa shape index (κ2) is 4.57. The molecule has 2 rings (SSSR count). The lowest BCUT2D eigenvalue weighted by Crippen LogP contribution is -2.28. The van der Waals surface area contributed by atoms with Crippen molar-refractivity contribution in [3.8, 4) is 0 Å². The van der Waals surface area contributed by atoms with Gasteiger partial charge in [-0.2, -0.15) is 0 Å². The minimum atomic E-state index is -0.00298. The summed E-state index contributed by atoms with van der Waals surface area (Å²) in [5.41, 5.74) is 0. The summed E-state index contributed by atoms with van der Waals surface area (Å²) in [7, 11) is 0. The quantitative estimate of drug-likeness (QED) is 0.679. The Morgan fingerprint density at radius 1 is 0.786 bits per heavy atom. The highest BCUT2D eigenvalue weighted by Gasteiger charge is 2.36. The van der Waals surface area contributed by atoms with Crippen LogP contribution in [-0.4, -0.2) is 47.8 Å². The average molecular weight is 202 g/mol. The van der Waals surface area contributed by atoms with Gasteiger partial charge in [-0.15, -0.1) is 0 Å². The molecular weight excluding hydrogens is 184 g/mol. The van der Waals surface area contributed by atoms with Crippen LogP contribution in [0.25, 0.3) is 0 Å². The molecule has 4 nitrogen and oxygen atoms in total. The van der Waals surface area contributed by atoms with Gasteiger partial charge >= 0.3 is 0 Å². The number of aliphatic hydroxyl groups excluding tert-OH is 2. The van der Waals surface area contributed by atoms with Gasteiger partial charge in [-0.05, 0) is 25.7 Å². The van der Waals surface area contributed by atoms with Crippen LogP contribution < -0.4 is 0 Å². The maximum Gasteiger partial charge on any atom is 0.0842 e. The first-order valence-corrected chi connectivity index (χ1v) is 5.36. The fraction of sp³-hybridized carbons (Fsp3) is 1.00. The molecule has 0 bridgehead atoms. The highest BCUT2D eigenvalue weighted by molar-refractivity contribution is 4.84. The van der Waals surface area contributed by atoms with Gasteiger partial charge in [-0.3, -0.25) is 0 Å². The fourth-order valence-corrected chi connectivity index (χ4v) is 2.28. The van der Waals surface area contributed by atoms with E-state index >= 15 is 0 Å². The van der Waals surface area contributed by atoms with Crippen LogP contribution in [0.3, 0.4) is 0 Å². The summed E-state index contributed by atoms with van der Waals surface area (Å²) >= 11 is 0. The predicted octanol–water partition coefficient (Wildman–Crippen LogP) is 0.0662. The molecule has 2 saturated heterocycles. The smallest absolute Gasteiger partial charge is 0.0842 e. The first kappa shape index (κ1) is 10.4. The van der Waals surface area contributed by atoms with E-state index in [1.807, 2.05) is 0 Å². The van der Waals surface area contributed by atoms with E-state index in [0.29, 0.717) is 0 Å². The highest BCUT2D eigenvalue weighted by Crippen LogP contribution is 2.30. The molecule has 0 amide bonds. The highest BCUT2D eigenvalue weighted by atomic mass is 16.6. The third-order valence-electron chi connectivity index (χ3n) is 3.10. The van der Waals surface area contributed by atoms with E-state index in [4.69, 9.17) is 19.7 Å². The zero-order valence-corrected chi connectivity index (χ0v) is 8.26. The second-order valence-corrected chi connectivity index (χ2v) is 4.11. The Morgan fingerprint density at radius 2 is 1.21 bits per heavy atom. The maximum atomic E-state index is 8.92. The molecular formula is C10H18O4. The molecule has 2 aliphatic rings. The molecule has 0 aliphatic carbocycles.